The number of aromatic nitrogens is 4. The molecule has 138 valence electrons. The Hall–Kier alpha value is -3.06. The maximum Gasteiger partial charge on any atom is 0.412 e. The largest absolute Gasteiger partial charge is 0.412 e. The lowest BCUT2D eigenvalue weighted by molar-refractivity contribution is 0.200. The van der Waals surface area contributed by atoms with Crippen molar-refractivity contribution in [2.45, 2.75) is 20.3 Å². The molecule has 4 rings (SSSR count). The molecule has 0 aliphatic carbocycles. The van der Waals surface area contributed by atoms with E-state index < -0.39 is 6.09 Å². The van der Waals surface area contributed by atoms with Gasteiger partial charge in [0.25, 0.3) is 0 Å². The Labute approximate surface area is 160 Å². The van der Waals surface area contributed by atoms with Crippen molar-refractivity contribution >= 4 is 39.6 Å². The van der Waals surface area contributed by atoms with Gasteiger partial charge >= 0.3 is 6.09 Å². The number of nitrogens with zero attached hydrogens (tertiary/aromatic N) is 2. The van der Waals surface area contributed by atoms with Crippen molar-refractivity contribution in [2.75, 3.05) is 6.54 Å². The first-order chi connectivity index (χ1) is 13.0. The molecular formula is C19H18ClN5O2. The zero-order valence-corrected chi connectivity index (χ0v) is 15.6. The first kappa shape index (κ1) is 17.4. The number of nitrogens with one attached hydrogen (secondary N) is 3. The maximum atomic E-state index is 12.1. The van der Waals surface area contributed by atoms with Crippen LogP contribution in [0, 0.1) is 13.8 Å². The van der Waals surface area contributed by atoms with E-state index in [1.54, 1.807) is 18.2 Å². The van der Waals surface area contributed by atoms with Gasteiger partial charge in [-0.05, 0) is 49.6 Å². The Morgan fingerprint density at radius 2 is 2.00 bits per heavy atom. The second kappa shape index (κ2) is 6.92. The number of fused-ring (bicyclic) bond motifs is 2. The summed E-state index contributed by atoms with van der Waals surface area (Å²) >= 11 is 6.29. The van der Waals surface area contributed by atoms with E-state index in [9.17, 15) is 4.79 Å². The molecule has 1 amide bonds. The van der Waals surface area contributed by atoms with E-state index in [4.69, 9.17) is 16.3 Å². The maximum absolute atomic E-state index is 12.1. The number of aromatic amines is 2. The molecule has 0 saturated heterocycles. The van der Waals surface area contributed by atoms with Gasteiger partial charge in [-0.25, -0.2) is 4.79 Å². The minimum absolute atomic E-state index is 0.416. The molecule has 0 bridgehead atoms. The molecule has 0 aliphatic heterocycles. The summed E-state index contributed by atoms with van der Waals surface area (Å²) in [7, 11) is 0. The molecular weight excluding hydrogens is 366 g/mol. The molecule has 0 unspecified atom stereocenters. The van der Waals surface area contributed by atoms with Crippen LogP contribution >= 0.6 is 11.6 Å². The van der Waals surface area contributed by atoms with Gasteiger partial charge in [0.15, 0.2) is 0 Å². The SMILES string of the molecule is Cc1[nH]c2c(Cl)ccc(C)c2c1CCNC(=O)Oc1ccc2n[nH]nc2c1. The van der Waals surface area contributed by atoms with Crippen LogP contribution in [-0.2, 0) is 6.42 Å². The molecule has 0 atom stereocenters. The molecule has 0 saturated carbocycles. The van der Waals surface area contributed by atoms with Crippen LogP contribution in [0.5, 0.6) is 5.75 Å². The lowest BCUT2D eigenvalue weighted by Gasteiger charge is -2.08. The topological polar surface area (TPSA) is 95.7 Å². The zero-order chi connectivity index (χ0) is 19.0. The fraction of sp³-hybridized carbons (Fsp3) is 0.211. The number of aryl methyl sites for hydroxylation is 2. The number of hydrogen-bond donors (Lipinski definition) is 3. The number of hydrogen-bond acceptors (Lipinski definition) is 4. The van der Waals surface area contributed by atoms with Crippen molar-refractivity contribution in [2.24, 2.45) is 0 Å². The molecule has 0 spiro atoms. The minimum Gasteiger partial charge on any atom is -0.410 e. The Bertz CT molecular complexity index is 1150. The first-order valence-electron chi connectivity index (χ1n) is 8.55. The second-order valence-corrected chi connectivity index (χ2v) is 6.79. The van der Waals surface area contributed by atoms with E-state index in [-0.39, 0.29) is 0 Å². The summed E-state index contributed by atoms with van der Waals surface area (Å²) in [6.45, 7) is 4.51. The first-order valence-corrected chi connectivity index (χ1v) is 8.93. The number of halogens is 1. The highest BCUT2D eigenvalue weighted by Crippen LogP contribution is 2.31. The lowest BCUT2D eigenvalue weighted by Crippen LogP contribution is -2.28. The molecule has 27 heavy (non-hydrogen) atoms. The predicted octanol–water partition coefficient (Wildman–Crippen LogP) is 4.04. The van der Waals surface area contributed by atoms with Gasteiger partial charge in [-0.3, -0.25) is 0 Å². The van der Waals surface area contributed by atoms with Crippen LogP contribution in [0.3, 0.4) is 0 Å². The molecule has 2 heterocycles. The van der Waals surface area contributed by atoms with E-state index in [1.165, 1.54) is 0 Å². The minimum atomic E-state index is -0.509. The van der Waals surface area contributed by atoms with Gasteiger partial charge < -0.3 is 15.0 Å². The normalized spacial score (nSPS) is 11.2. The number of ether oxygens (including phenoxy) is 1. The Morgan fingerprint density at radius 3 is 2.85 bits per heavy atom. The number of benzene rings is 2. The van der Waals surface area contributed by atoms with Gasteiger partial charge in [0.2, 0.25) is 0 Å². The average molecular weight is 384 g/mol. The second-order valence-electron chi connectivity index (χ2n) is 6.38. The Morgan fingerprint density at radius 1 is 1.19 bits per heavy atom. The van der Waals surface area contributed by atoms with Gasteiger partial charge in [-0.1, -0.05) is 17.7 Å². The van der Waals surface area contributed by atoms with Crippen LogP contribution in [0.1, 0.15) is 16.8 Å². The molecule has 7 nitrogen and oxygen atoms in total. The molecule has 2 aromatic carbocycles. The lowest BCUT2D eigenvalue weighted by atomic mass is 10.0. The van der Waals surface area contributed by atoms with Crippen LogP contribution < -0.4 is 10.1 Å². The fourth-order valence-electron chi connectivity index (χ4n) is 3.27. The van der Waals surface area contributed by atoms with Crippen LogP contribution in [0.4, 0.5) is 4.79 Å². The van der Waals surface area contributed by atoms with Crippen molar-refractivity contribution in [3.8, 4) is 5.75 Å². The molecule has 3 N–H and O–H groups in total. The molecule has 0 aliphatic rings. The van der Waals surface area contributed by atoms with Crippen molar-refractivity contribution < 1.29 is 9.53 Å². The molecule has 8 heteroatoms. The fourth-order valence-corrected chi connectivity index (χ4v) is 3.48. The highest BCUT2D eigenvalue weighted by atomic mass is 35.5. The summed E-state index contributed by atoms with van der Waals surface area (Å²) in [6.07, 6.45) is 0.162. The van der Waals surface area contributed by atoms with Gasteiger partial charge in [0, 0.05) is 23.7 Å². The van der Waals surface area contributed by atoms with Gasteiger partial charge in [0.1, 0.15) is 16.8 Å². The summed E-state index contributed by atoms with van der Waals surface area (Å²) in [6, 6.07) is 8.97. The average Bonchev–Trinajstić information content (AvgIpc) is 3.23. The van der Waals surface area contributed by atoms with E-state index in [2.05, 4.69) is 32.6 Å². The third-order valence-corrected chi connectivity index (χ3v) is 4.89. The third kappa shape index (κ3) is 3.33. The number of amides is 1. The monoisotopic (exact) mass is 383 g/mol. The van der Waals surface area contributed by atoms with Crippen LogP contribution in [0.15, 0.2) is 30.3 Å². The van der Waals surface area contributed by atoms with E-state index in [0.29, 0.717) is 34.8 Å². The summed E-state index contributed by atoms with van der Waals surface area (Å²) in [4.78, 5) is 15.4. The number of rotatable bonds is 4. The van der Waals surface area contributed by atoms with Gasteiger partial charge in [-0.15, -0.1) is 0 Å². The zero-order valence-electron chi connectivity index (χ0n) is 14.9. The summed E-state index contributed by atoms with van der Waals surface area (Å²) in [5, 5.41) is 15.1. The summed E-state index contributed by atoms with van der Waals surface area (Å²) in [5.41, 5.74) is 5.64. The number of H-pyrrole nitrogens is 2. The highest BCUT2D eigenvalue weighted by Gasteiger charge is 2.14. The molecule has 0 fully saturated rings. The van der Waals surface area contributed by atoms with Crippen LogP contribution in [0.2, 0.25) is 5.02 Å². The predicted molar refractivity (Wildman–Crippen MR) is 104 cm³/mol. The van der Waals surface area contributed by atoms with E-state index in [0.717, 1.165) is 27.7 Å². The van der Waals surface area contributed by atoms with E-state index in [1.807, 2.05) is 19.1 Å². The highest BCUT2D eigenvalue weighted by molar-refractivity contribution is 6.35. The standard InChI is InChI=1S/C19H18ClN5O2/c1-10-3-5-14(20)18-17(10)13(11(2)22-18)7-8-21-19(26)27-12-4-6-15-16(9-12)24-25-23-15/h3-6,9,22H,7-8H2,1-2H3,(H,21,26)(H,23,24,25). The van der Waals surface area contributed by atoms with Crippen molar-refractivity contribution in [1.82, 2.24) is 25.7 Å². The third-order valence-electron chi connectivity index (χ3n) is 4.57. The van der Waals surface area contributed by atoms with Crippen LogP contribution in [0.25, 0.3) is 21.9 Å². The van der Waals surface area contributed by atoms with Crippen LogP contribution in [-0.4, -0.2) is 33.0 Å². The van der Waals surface area contributed by atoms with Crippen molar-refractivity contribution in [1.29, 1.82) is 0 Å². The van der Waals surface area contributed by atoms with Gasteiger partial charge in [-0.2, -0.15) is 15.4 Å². The Kier molecular flexibility index (Phi) is 4.45. The quantitative estimate of drug-likeness (QED) is 0.495. The molecule has 2 aromatic heterocycles. The Balaban J connectivity index is 1.42. The van der Waals surface area contributed by atoms with Crippen molar-refractivity contribution in [3.63, 3.8) is 0 Å². The van der Waals surface area contributed by atoms with Crippen molar-refractivity contribution in [3.05, 3.63) is 52.2 Å². The number of carbonyl (C=O) groups is 1. The van der Waals surface area contributed by atoms with Gasteiger partial charge in [0.05, 0.1) is 10.5 Å². The molecule has 4 aromatic rings. The summed E-state index contributed by atoms with van der Waals surface area (Å²) < 4.78 is 5.31. The molecule has 0 radical (unpaired) electrons. The summed E-state index contributed by atoms with van der Waals surface area (Å²) in [5.74, 6) is 0.416. The smallest absolute Gasteiger partial charge is 0.410 e. The number of carbonyl (C=O) groups excluding carboxylic acids is 1. The van der Waals surface area contributed by atoms with E-state index >= 15 is 0 Å².